The monoisotopic (exact) mass is 215 g/mol. The summed E-state index contributed by atoms with van der Waals surface area (Å²) in [4.78, 5) is 0. The van der Waals surface area contributed by atoms with Crippen LogP contribution in [0.15, 0.2) is 0 Å². The van der Waals surface area contributed by atoms with Crippen LogP contribution < -0.4 is 5.32 Å². The highest BCUT2D eigenvalue weighted by molar-refractivity contribution is 7.85. The van der Waals surface area contributed by atoms with E-state index in [0.717, 1.165) is 0 Å². The molecule has 0 aliphatic carbocycles. The van der Waals surface area contributed by atoms with Gasteiger partial charge < -0.3 is 15.3 Å². The third-order valence-corrected chi connectivity index (χ3v) is 2.05. The quantitative estimate of drug-likeness (QED) is 0.301. The summed E-state index contributed by atoms with van der Waals surface area (Å²) in [6.07, 6.45) is 0. The van der Waals surface area contributed by atoms with Crippen molar-refractivity contribution in [2.75, 3.05) is 25.7 Å². The Bertz CT molecular complexity index is 225. The van der Waals surface area contributed by atoms with Crippen molar-refractivity contribution in [2.24, 2.45) is 0 Å². The van der Waals surface area contributed by atoms with Crippen molar-refractivity contribution in [3.8, 4) is 0 Å². The Balaban J connectivity index is 4.27. The van der Waals surface area contributed by atoms with Crippen LogP contribution in [-0.4, -0.2) is 59.5 Å². The van der Waals surface area contributed by atoms with E-state index in [4.69, 9.17) is 19.9 Å². The lowest BCUT2D eigenvalue weighted by Crippen LogP contribution is -2.56. The number of rotatable bonds is 6. The molecule has 0 aromatic carbocycles. The first-order chi connectivity index (χ1) is 5.89. The van der Waals surface area contributed by atoms with Gasteiger partial charge in [-0.05, 0) is 0 Å². The molecular weight excluding hydrogens is 202 g/mol. The van der Waals surface area contributed by atoms with Crippen LogP contribution in [0.4, 0.5) is 0 Å². The zero-order chi connectivity index (χ0) is 10.5. The molecule has 0 aliphatic rings. The standard InChI is InChI=1S/C5H13NO6S/c7-1-5(2-8,3-9)6-4-13(10,11)12/h6-9H,1-4H2,(H,10,11,12). The maximum Gasteiger partial charge on any atom is 0.278 e. The number of hydrogen-bond donors (Lipinski definition) is 5. The van der Waals surface area contributed by atoms with Crippen LogP contribution in [0.25, 0.3) is 0 Å². The second kappa shape index (κ2) is 4.84. The van der Waals surface area contributed by atoms with Gasteiger partial charge in [0.2, 0.25) is 0 Å². The molecule has 0 aromatic rings. The average Bonchev–Trinajstić information content (AvgIpc) is 2.06. The Kier molecular flexibility index (Phi) is 4.75. The van der Waals surface area contributed by atoms with Gasteiger partial charge in [-0.3, -0.25) is 9.87 Å². The average molecular weight is 215 g/mol. The molecule has 0 unspecified atom stereocenters. The third kappa shape index (κ3) is 4.50. The first-order valence-corrected chi connectivity index (χ1v) is 5.03. The molecule has 0 bridgehead atoms. The van der Waals surface area contributed by atoms with Crippen LogP contribution in [0.5, 0.6) is 0 Å². The second-order valence-corrected chi connectivity index (χ2v) is 4.11. The van der Waals surface area contributed by atoms with Crippen molar-refractivity contribution < 1.29 is 28.3 Å². The smallest absolute Gasteiger partial charge is 0.278 e. The van der Waals surface area contributed by atoms with Gasteiger partial charge in [-0.15, -0.1) is 0 Å². The molecule has 0 radical (unpaired) electrons. The molecular formula is C5H13NO6S. The summed E-state index contributed by atoms with van der Waals surface area (Å²) in [5.41, 5.74) is -1.49. The van der Waals surface area contributed by atoms with Crippen LogP contribution >= 0.6 is 0 Å². The molecule has 7 nitrogen and oxygen atoms in total. The molecule has 0 atom stereocenters. The van der Waals surface area contributed by atoms with E-state index < -0.39 is 41.4 Å². The first-order valence-electron chi connectivity index (χ1n) is 3.42. The molecule has 0 aliphatic heterocycles. The Hall–Kier alpha value is -0.250. The Morgan fingerprint density at radius 2 is 1.46 bits per heavy atom. The molecule has 13 heavy (non-hydrogen) atoms. The number of aliphatic hydroxyl groups excluding tert-OH is 3. The normalized spacial score (nSPS) is 13.2. The van der Waals surface area contributed by atoms with Crippen LogP contribution in [0.2, 0.25) is 0 Å². The van der Waals surface area contributed by atoms with Crippen LogP contribution in [0.1, 0.15) is 0 Å². The molecule has 8 heteroatoms. The van der Waals surface area contributed by atoms with E-state index in [1.54, 1.807) is 0 Å². The second-order valence-electron chi connectivity index (χ2n) is 2.66. The Labute approximate surface area is 75.8 Å². The predicted molar refractivity (Wildman–Crippen MR) is 43.5 cm³/mol. The number of nitrogens with one attached hydrogen (secondary N) is 1. The zero-order valence-electron chi connectivity index (χ0n) is 6.84. The highest BCUT2D eigenvalue weighted by Gasteiger charge is 2.28. The minimum absolute atomic E-state index is 0.643. The van der Waals surface area contributed by atoms with E-state index in [1.807, 2.05) is 0 Å². The van der Waals surface area contributed by atoms with Crippen molar-refractivity contribution in [1.82, 2.24) is 5.32 Å². The molecule has 0 amide bonds. The topological polar surface area (TPSA) is 127 Å². The van der Waals surface area contributed by atoms with Gasteiger partial charge in [0.05, 0.1) is 25.4 Å². The summed E-state index contributed by atoms with van der Waals surface area (Å²) in [5.74, 6) is -0.839. The van der Waals surface area contributed by atoms with E-state index >= 15 is 0 Å². The van der Waals surface area contributed by atoms with E-state index in [0.29, 0.717) is 0 Å². The molecule has 0 fully saturated rings. The molecule has 0 rings (SSSR count). The van der Waals surface area contributed by atoms with E-state index in [2.05, 4.69) is 5.32 Å². The fourth-order valence-electron chi connectivity index (χ4n) is 0.562. The van der Waals surface area contributed by atoms with Gasteiger partial charge in [0, 0.05) is 0 Å². The maximum absolute atomic E-state index is 10.3. The highest BCUT2D eigenvalue weighted by Crippen LogP contribution is 2.01. The molecule has 0 saturated heterocycles. The van der Waals surface area contributed by atoms with Crippen molar-refractivity contribution >= 4 is 10.1 Å². The molecule has 0 aromatic heterocycles. The Morgan fingerprint density at radius 3 is 1.69 bits per heavy atom. The van der Waals surface area contributed by atoms with Gasteiger partial charge in [0.25, 0.3) is 10.1 Å². The third-order valence-electron chi connectivity index (χ3n) is 1.54. The van der Waals surface area contributed by atoms with Gasteiger partial charge in [-0.1, -0.05) is 0 Å². The lowest BCUT2D eigenvalue weighted by Gasteiger charge is -2.27. The highest BCUT2D eigenvalue weighted by atomic mass is 32.2. The molecule has 0 saturated carbocycles. The van der Waals surface area contributed by atoms with Gasteiger partial charge in [0.1, 0.15) is 5.88 Å². The van der Waals surface area contributed by atoms with Gasteiger partial charge in [0.15, 0.2) is 0 Å². The van der Waals surface area contributed by atoms with Crippen molar-refractivity contribution in [1.29, 1.82) is 0 Å². The minimum Gasteiger partial charge on any atom is -0.394 e. The van der Waals surface area contributed by atoms with Crippen molar-refractivity contribution in [3.05, 3.63) is 0 Å². The minimum atomic E-state index is -4.23. The van der Waals surface area contributed by atoms with Gasteiger partial charge in [-0.2, -0.15) is 8.42 Å². The fraction of sp³-hybridized carbons (Fsp3) is 1.00. The van der Waals surface area contributed by atoms with Crippen molar-refractivity contribution in [3.63, 3.8) is 0 Å². The summed E-state index contributed by atoms with van der Waals surface area (Å²) in [6.45, 7) is -1.93. The lowest BCUT2D eigenvalue weighted by atomic mass is 10.0. The SMILES string of the molecule is O=S(=O)(O)CNC(CO)(CO)CO. The summed E-state index contributed by atoms with van der Waals surface area (Å²) < 4.78 is 28.9. The zero-order valence-corrected chi connectivity index (χ0v) is 7.66. The molecule has 80 valence electrons. The van der Waals surface area contributed by atoms with E-state index in [1.165, 1.54) is 0 Å². The van der Waals surface area contributed by atoms with Crippen LogP contribution in [-0.2, 0) is 10.1 Å². The number of hydrogen-bond acceptors (Lipinski definition) is 6. The van der Waals surface area contributed by atoms with Crippen molar-refractivity contribution in [2.45, 2.75) is 5.54 Å². The fourth-order valence-corrected chi connectivity index (χ4v) is 1.05. The van der Waals surface area contributed by atoms with E-state index in [9.17, 15) is 8.42 Å². The summed E-state index contributed by atoms with van der Waals surface area (Å²) in [5, 5.41) is 28.3. The maximum atomic E-state index is 10.3. The molecule has 5 N–H and O–H groups in total. The first kappa shape index (κ1) is 12.8. The summed E-state index contributed by atoms with van der Waals surface area (Å²) in [6, 6.07) is 0. The molecule has 0 spiro atoms. The van der Waals surface area contributed by atoms with E-state index in [-0.39, 0.29) is 0 Å². The largest absolute Gasteiger partial charge is 0.394 e. The molecule has 0 heterocycles. The van der Waals surface area contributed by atoms with Crippen LogP contribution in [0.3, 0.4) is 0 Å². The summed E-state index contributed by atoms with van der Waals surface area (Å²) >= 11 is 0. The van der Waals surface area contributed by atoms with Gasteiger partial charge >= 0.3 is 0 Å². The van der Waals surface area contributed by atoms with Crippen LogP contribution in [0, 0.1) is 0 Å². The van der Waals surface area contributed by atoms with Gasteiger partial charge in [-0.25, -0.2) is 0 Å². The predicted octanol–water partition coefficient (Wildman–Crippen LogP) is -2.86. The number of aliphatic hydroxyl groups is 3. The Morgan fingerprint density at radius 1 is 1.08 bits per heavy atom. The lowest BCUT2D eigenvalue weighted by molar-refractivity contribution is 0.0462. The summed E-state index contributed by atoms with van der Waals surface area (Å²) in [7, 11) is -4.23.